The number of amides is 1. The number of nitrogens with one attached hydrogen (secondary N) is 1. The van der Waals surface area contributed by atoms with Crippen molar-refractivity contribution in [2.75, 3.05) is 19.6 Å². The molecule has 1 aromatic rings. The van der Waals surface area contributed by atoms with Gasteiger partial charge in [0.2, 0.25) is 10.0 Å². The number of sulfonamides is 1. The number of nitrogens with two attached hydrogens (primary N) is 1. The van der Waals surface area contributed by atoms with Gasteiger partial charge < -0.3 is 10.6 Å². The van der Waals surface area contributed by atoms with Gasteiger partial charge in [0.15, 0.2) is 0 Å². The van der Waals surface area contributed by atoms with Gasteiger partial charge in [0.1, 0.15) is 0 Å². The van der Waals surface area contributed by atoms with Crippen LogP contribution in [0.15, 0.2) is 29.2 Å². The zero-order valence-corrected chi connectivity index (χ0v) is 14.1. The zero-order chi connectivity index (χ0) is 16.7. The maximum atomic E-state index is 12.6. The van der Waals surface area contributed by atoms with Gasteiger partial charge in [-0.05, 0) is 49.4 Å². The van der Waals surface area contributed by atoms with E-state index in [-0.39, 0.29) is 22.3 Å². The molecule has 1 aromatic carbocycles. The van der Waals surface area contributed by atoms with Crippen LogP contribution >= 0.6 is 0 Å². The van der Waals surface area contributed by atoms with Crippen LogP contribution in [0.1, 0.15) is 36.5 Å². The quantitative estimate of drug-likeness (QED) is 0.836. The van der Waals surface area contributed by atoms with Gasteiger partial charge in [-0.25, -0.2) is 13.1 Å². The third-order valence-electron chi connectivity index (χ3n) is 4.63. The van der Waals surface area contributed by atoms with Crippen LogP contribution in [0, 0.1) is 5.41 Å². The third-order valence-corrected chi connectivity index (χ3v) is 6.15. The predicted octanol–water partition coefficient (Wildman–Crippen LogP) is 0.938. The van der Waals surface area contributed by atoms with Crippen molar-refractivity contribution in [3.63, 3.8) is 0 Å². The topological polar surface area (TPSA) is 92.5 Å². The summed E-state index contributed by atoms with van der Waals surface area (Å²) in [6.07, 6.45) is 2.63. The Labute approximate surface area is 137 Å². The van der Waals surface area contributed by atoms with Gasteiger partial charge in [-0.1, -0.05) is 13.0 Å². The van der Waals surface area contributed by atoms with E-state index in [0.29, 0.717) is 25.2 Å². The molecule has 1 saturated heterocycles. The van der Waals surface area contributed by atoms with Crippen LogP contribution in [0.3, 0.4) is 0 Å². The Hall–Kier alpha value is -1.44. The summed E-state index contributed by atoms with van der Waals surface area (Å²) in [5.74, 6) is -0.134. The van der Waals surface area contributed by atoms with E-state index in [0.717, 1.165) is 19.3 Å². The second-order valence-corrected chi connectivity index (χ2v) is 8.63. The molecule has 2 fully saturated rings. The average molecular weight is 337 g/mol. The number of rotatable bonds is 5. The molecular formula is C16H23N3O3S. The van der Waals surface area contributed by atoms with Crippen molar-refractivity contribution < 1.29 is 13.2 Å². The van der Waals surface area contributed by atoms with Crippen molar-refractivity contribution in [1.82, 2.24) is 9.62 Å². The number of carbonyl (C=O) groups is 1. The fraction of sp³-hybridized carbons (Fsp3) is 0.562. The maximum Gasteiger partial charge on any atom is 0.253 e. The lowest BCUT2D eigenvalue weighted by molar-refractivity contribution is 0.0776. The lowest BCUT2D eigenvalue weighted by Crippen LogP contribution is -2.34. The van der Waals surface area contributed by atoms with Crippen molar-refractivity contribution in [1.29, 1.82) is 0 Å². The summed E-state index contributed by atoms with van der Waals surface area (Å²) < 4.78 is 27.2. The fourth-order valence-corrected chi connectivity index (χ4v) is 4.18. The largest absolute Gasteiger partial charge is 0.338 e. The van der Waals surface area contributed by atoms with Crippen LogP contribution in [0.5, 0.6) is 0 Å². The highest BCUT2D eigenvalue weighted by molar-refractivity contribution is 7.89. The minimum Gasteiger partial charge on any atom is -0.338 e. The van der Waals surface area contributed by atoms with Crippen LogP contribution in [-0.4, -0.2) is 44.9 Å². The Morgan fingerprint density at radius 2 is 2.17 bits per heavy atom. The Bertz CT molecular complexity index is 715. The molecule has 3 N–H and O–H groups in total. The van der Waals surface area contributed by atoms with E-state index in [2.05, 4.69) is 11.6 Å². The number of hydrogen-bond donors (Lipinski definition) is 2. The molecule has 1 aliphatic heterocycles. The van der Waals surface area contributed by atoms with Crippen LogP contribution in [0.4, 0.5) is 0 Å². The highest BCUT2D eigenvalue weighted by atomic mass is 32.2. The van der Waals surface area contributed by atoms with E-state index >= 15 is 0 Å². The van der Waals surface area contributed by atoms with Gasteiger partial charge in [0.05, 0.1) is 4.90 Å². The van der Waals surface area contributed by atoms with E-state index < -0.39 is 10.0 Å². The molecular weight excluding hydrogens is 314 g/mol. The number of benzene rings is 1. The summed E-state index contributed by atoms with van der Waals surface area (Å²) in [6.45, 7) is 3.88. The van der Waals surface area contributed by atoms with Crippen LogP contribution in [0.25, 0.3) is 0 Å². The molecule has 0 spiro atoms. The summed E-state index contributed by atoms with van der Waals surface area (Å²) in [6, 6.07) is 6.31. The molecule has 126 valence electrons. The van der Waals surface area contributed by atoms with Crippen LogP contribution < -0.4 is 10.5 Å². The summed E-state index contributed by atoms with van der Waals surface area (Å²) in [5.41, 5.74) is 6.14. The molecule has 7 heteroatoms. The summed E-state index contributed by atoms with van der Waals surface area (Å²) >= 11 is 0. The van der Waals surface area contributed by atoms with Gasteiger partial charge >= 0.3 is 0 Å². The number of carbonyl (C=O) groups excluding carboxylic acids is 1. The Morgan fingerprint density at radius 3 is 2.78 bits per heavy atom. The third kappa shape index (κ3) is 3.57. The Morgan fingerprint density at radius 1 is 1.43 bits per heavy atom. The molecule has 1 aliphatic carbocycles. The van der Waals surface area contributed by atoms with Gasteiger partial charge in [0, 0.05) is 24.7 Å². The molecule has 1 saturated carbocycles. The van der Waals surface area contributed by atoms with Crippen LogP contribution in [0.2, 0.25) is 0 Å². The van der Waals surface area contributed by atoms with Crippen molar-refractivity contribution >= 4 is 15.9 Å². The molecule has 0 radical (unpaired) electrons. The van der Waals surface area contributed by atoms with Crippen LogP contribution in [-0.2, 0) is 10.0 Å². The lowest BCUT2D eigenvalue weighted by Gasteiger charge is -2.22. The molecule has 1 unspecified atom stereocenters. The maximum absolute atomic E-state index is 12.6. The fourth-order valence-electron chi connectivity index (χ4n) is 2.83. The van der Waals surface area contributed by atoms with Gasteiger partial charge in [-0.3, -0.25) is 4.79 Å². The predicted molar refractivity (Wildman–Crippen MR) is 87.5 cm³/mol. The number of likely N-dealkylation sites (tertiary alicyclic amines) is 1. The molecule has 1 atom stereocenters. The summed E-state index contributed by atoms with van der Waals surface area (Å²) in [5, 5.41) is 0. The minimum atomic E-state index is -3.54. The Kier molecular flexibility index (Phi) is 4.20. The Balaban J connectivity index is 1.78. The first-order valence-electron chi connectivity index (χ1n) is 7.95. The zero-order valence-electron chi connectivity index (χ0n) is 13.3. The smallest absolute Gasteiger partial charge is 0.253 e. The molecule has 0 aromatic heterocycles. The normalized spacial score (nSPS) is 24.9. The first kappa shape index (κ1) is 16.4. The van der Waals surface area contributed by atoms with Gasteiger partial charge in [0.25, 0.3) is 5.91 Å². The summed E-state index contributed by atoms with van der Waals surface area (Å²) in [4.78, 5) is 14.5. The van der Waals surface area contributed by atoms with Crippen molar-refractivity contribution in [2.45, 2.75) is 37.1 Å². The molecule has 6 nitrogen and oxygen atoms in total. The lowest BCUT2D eigenvalue weighted by atomic mass is 9.90. The second kappa shape index (κ2) is 5.89. The van der Waals surface area contributed by atoms with E-state index in [1.54, 1.807) is 17.0 Å². The van der Waals surface area contributed by atoms with Crippen molar-refractivity contribution in [3.05, 3.63) is 29.8 Å². The molecule has 3 rings (SSSR count). The van der Waals surface area contributed by atoms with Gasteiger partial charge in [-0.2, -0.15) is 0 Å². The molecule has 1 amide bonds. The standard InChI is InChI=1S/C16H23N3O3S/c1-16(10-17)7-8-19(11-16)15(20)12-3-2-4-14(9-12)23(21,22)18-13-5-6-13/h2-4,9,13,18H,5-8,10-11,17H2,1H3. The number of nitrogens with zero attached hydrogens (tertiary/aromatic N) is 1. The van der Waals surface area contributed by atoms with Crippen molar-refractivity contribution in [2.24, 2.45) is 11.1 Å². The highest BCUT2D eigenvalue weighted by Crippen LogP contribution is 2.30. The SMILES string of the molecule is CC1(CN)CCN(C(=O)c2cccc(S(=O)(=O)NC3CC3)c2)C1. The first-order chi connectivity index (χ1) is 10.8. The van der Waals surface area contributed by atoms with E-state index in [4.69, 9.17) is 5.73 Å². The first-order valence-corrected chi connectivity index (χ1v) is 9.43. The number of hydrogen-bond acceptors (Lipinski definition) is 4. The van der Waals surface area contributed by atoms with E-state index in [1.807, 2.05) is 0 Å². The highest BCUT2D eigenvalue weighted by Gasteiger charge is 2.35. The monoisotopic (exact) mass is 337 g/mol. The molecule has 1 heterocycles. The summed E-state index contributed by atoms with van der Waals surface area (Å²) in [7, 11) is -3.54. The molecule has 23 heavy (non-hydrogen) atoms. The van der Waals surface area contributed by atoms with Crippen molar-refractivity contribution in [3.8, 4) is 0 Å². The molecule has 0 bridgehead atoms. The average Bonchev–Trinajstić information content (AvgIpc) is 3.25. The van der Waals surface area contributed by atoms with Gasteiger partial charge in [-0.15, -0.1) is 0 Å². The molecule has 2 aliphatic rings. The second-order valence-electron chi connectivity index (χ2n) is 6.91. The minimum absolute atomic E-state index is 0.0446. The van der Waals surface area contributed by atoms with E-state index in [9.17, 15) is 13.2 Å². The van der Waals surface area contributed by atoms with E-state index in [1.165, 1.54) is 12.1 Å².